The number of ether oxygens (including phenoxy) is 2. The van der Waals surface area contributed by atoms with Crippen LogP contribution in [-0.4, -0.2) is 37.1 Å². The minimum atomic E-state index is -1.08. The van der Waals surface area contributed by atoms with E-state index in [4.69, 9.17) is 21.1 Å². The fourth-order valence-corrected chi connectivity index (χ4v) is 3.03. The van der Waals surface area contributed by atoms with E-state index in [1.807, 2.05) is 0 Å². The second-order valence-corrected chi connectivity index (χ2v) is 7.50. The molecule has 3 rings (SSSR count). The Morgan fingerprint density at radius 1 is 0.917 bits per heavy atom. The number of carbonyl (C=O) groups excluding carboxylic acids is 3. The van der Waals surface area contributed by atoms with Crippen LogP contribution in [-0.2, 0) is 14.4 Å². The van der Waals surface area contributed by atoms with Gasteiger partial charge in [0, 0.05) is 0 Å². The van der Waals surface area contributed by atoms with Crippen molar-refractivity contribution in [3.05, 3.63) is 83.1 Å². The van der Waals surface area contributed by atoms with Gasteiger partial charge in [-0.3, -0.25) is 14.4 Å². The van der Waals surface area contributed by atoms with Gasteiger partial charge in [0.1, 0.15) is 5.82 Å². The van der Waals surface area contributed by atoms with Crippen LogP contribution in [0.2, 0.25) is 5.02 Å². The molecule has 3 aromatic rings. The summed E-state index contributed by atoms with van der Waals surface area (Å²) in [5.41, 5.74) is 2.92. The molecule has 0 bridgehead atoms. The van der Waals surface area contributed by atoms with E-state index in [1.54, 1.807) is 49.4 Å². The lowest BCUT2D eigenvalue weighted by molar-refractivity contribution is -0.136. The minimum Gasteiger partial charge on any atom is -0.490 e. The number of carbonyl (C=O) groups is 3. The Morgan fingerprint density at radius 2 is 1.64 bits per heavy atom. The van der Waals surface area contributed by atoms with Gasteiger partial charge in [0.25, 0.3) is 5.91 Å². The highest BCUT2D eigenvalue weighted by molar-refractivity contribution is 6.39. The number of nitrogens with one attached hydrogen (secondary N) is 3. The summed E-state index contributed by atoms with van der Waals surface area (Å²) in [5.74, 6) is -2.58. The van der Waals surface area contributed by atoms with Gasteiger partial charge in [-0.25, -0.2) is 9.82 Å². The van der Waals surface area contributed by atoms with Crippen molar-refractivity contribution in [1.82, 2.24) is 5.43 Å². The summed E-state index contributed by atoms with van der Waals surface area (Å²) in [4.78, 5) is 36.1. The number of nitrogens with zero attached hydrogens (tertiary/aromatic N) is 1. The van der Waals surface area contributed by atoms with Gasteiger partial charge in [0.2, 0.25) is 0 Å². The van der Waals surface area contributed by atoms with Crippen molar-refractivity contribution in [2.24, 2.45) is 5.10 Å². The third-order valence-corrected chi connectivity index (χ3v) is 4.81. The minimum absolute atomic E-state index is 0.126. The van der Waals surface area contributed by atoms with Crippen LogP contribution in [0.3, 0.4) is 0 Å². The van der Waals surface area contributed by atoms with E-state index in [2.05, 4.69) is 21.2 Å². The molecule has 186 valence electrons. The quantitative estimate of drug-likeness (QED) is 0.228. The maximum absolute atomic E-state index is 13.6. The Hall–Kier alpha value is -4.44. The average molecular weight is 513 g/mol. The van der Waals surface area contributed by atoms with E-state index < -0.39 is 23.5 Å². The van der Waals surface area contributed by atoms with Crippen LogP contribution in [0.1, 0.15) is 12.5 Å². The monoisotopic (exact) mass is 512 g/mol. The topological polar surface area (TPSA) is 118 Å². The molecule has 0 fully saturated rings. The van der Waals surface area contributed by atoms with Gasteiger partial charge < -0.3 is 20.1 Å². The fraction of sp³-hybridized carbons (Fsp3) is 0.120. The summed E-state index contributed by atoms with van der Waals surface area (Å²) in [6.45, 7) is 1.82. The first kappa shape index (κ1) is 26.2. The lowest BCUT2D eigenvalue weighted by Crippen LogP contribution is -2.32. The number of hydrogen-bond donors (Lipinski definition) is 3. The molecule has 0 heterocycles. The molecule has 36 heavy (non-hydrogen) atoms. The summed E-state index contributed by atoms with van der Waals surface area (Å²) < 4.78 is 24.8. The average Bonchev–Trinajstić information content (AvgIpc) is 2.86. The van der Waals surface area contributed by atoms with E-state index >= 15 is 0 Å². The molecular weight excluding hydrogens is 491 g/mol. The molecule has 3 amide bonds. The van der Waals surface area contributed by atoms with Gasteiger partial charge in [-0.2, -0.15) is 5.10 Å². The van der Waals surface area contributed by atoms with Gasteiger partial charge in [-0.15, -0.1) is 0 Å². The SMILES string of the molecule is CCOc1cc(/C=N\NC(=O)C(=O)Nc2ccccc2F)ccc1OCC(=O)Nc1ccccc1Cl. The van der Waals surface area contributed by atoms with Crippen LogP contribution in [0, 0.1) is 5.82 Å². The van der Waals surface area contributed by atoms with Crippen LogP contribution in [0.4, 0.5) is 15.8 Å². The van der Waals surface area contributed by atoms with Crippen LogP contribution in [0.25, 0.3) is 0 Å². The van der Waals surface area contributed by atoms with Crippen molar-refractivity contribution < 1.29 is 28.2 Å². The molecule has 9 nitrogen and oxygen atoms in total. The van der Waals surface area contributed by atoms with E-state index in [0.717, 1.165) is 6.07 Å². The van der Waals surface area contributed by atoms with E-state index in [0.29, 0.717) is 34.4 Å². The molecule has 0 unspecified atom stereocenters. The van der Waals surface area contributed by atoms with Crippen LogP contribution in [0.15, 0.2) is 71.8 Å². The molecule has 0 radical (unpaired) electrons. The number of benzene rings is 3. The first-order valence-corrected chi connectivity index (χ1v) is 11.1. The molecule has 3 N–H and O–H groups in total. The summed E-state index contributed by atoms with van der Waals surface area (Å²) in [6, 6.07) is 17.0. The first-order valence-electron chi connectivity index (χ1n) is 10.7. The molecular formula is C25H22ClFN4O5. The van der Waals surface area contributed by atoms with Gasteiger partial charge >= 0.3 is 11.8 Å². The highest BCUT2D eigenvalue weighted by Gasteiger charge is 2.15. The summed E-state index contributed by atoms with van der Waals surface area (Å²) in [7, 11) is 0. The van der Waals surface area contributed by atoms with Crippen molar-refractivity contribution in [3.63, 3.8) is 0 Å². The van der Waals surface area contributed by atoms with Crippen molar-refractivity contribution >= 4 is 46.9 Å². The number of hydrogen-bond acceptors (Lipinski definition) is 6. The number of rotatable bonds is 9. The first-order chi connectivity index (χ1) is 17.4. The lowest BCUT2D eigenvalue weighted by atomic mass is 10.2. The number of amides is 3. The van der Waals surface area contributed by atoms with E-state index in [1.165, 1.54) is 24.4 Å². The largest absolute Gasteiger partial charge is 0.490 e. The van der Waals surface area contributed by atoms with Crippen molar-refractivity contribution in [2.75, 3.05) is 23.8 Å². The zero-order valence-corrected chi connectivity index (χ0v) is 19.8. The molecule has 0 saturated heterocycles. The zero-order valence-electron chi connectivity index (χ0n) is 19.1. The third-order valence-electron chi connectivity index (χ3n) is 4.48. The second-order valence-electron chi connectivity index (χ2n) is 7.09. The number of hydrazone groups is 1. The van der Waals surface area contributed by atoms with Crippen molar-refractivity contribution in [1.29, 1.82) is 0 Å². The highest BCUT2D eigenvalue weighted by atomic mass is 35.5. The maximum Gasteiger partial charge on any atom is 0.329 e. The Labute approximate surface area is 211 Å². The summed E-state index contributed by atoms with van der Waals surface area (Å²) >= 11 is 6.04. The molecule has 11 heteroatoms. The molecule has 0 aliphatic heterocycles. The summed E-state index contributed by atoms with van der Waals surface area (Å²) in [5, 5.41) is 8.95. The maximum atomic E-state index is 13.6. The predicted octanol–water partition coefficient (Wildman–Crippen LogP) is 3.98. The molecule has 0 aliphatic rings. The van der Waals surface area contributed by atoms with Crippen molar-refractivity contribution in [3.8, 4) is 11.5 Å². The molecule has 0 spiro atoms. The zero-order chi connectivity index (χ0) is 25.9. The number of para-hydroxylation sites is 2. The molecule has 0 atom stereocenters. The molecule has 0 aromatic heterocycles. The Balaban J connectivity index is 1.57. The summed E-state index contributed by atoms with van der Waals surface area (Å²) in [6.07, 6.45) is 1.28. The van der Waals surface area contributed by atoms with Gasteiger partial charge in [-0.1, -0.05) is 35.9 Å². The van der Waals surface area contributed by atoms with Crippen molar-refractivity contribution in [2.45, 2.75) is 6.92 Å². The molecule has 0 saturated carbocycles. The Bertz CT molecular complexity index is 1280. The van der Waals surface area contributed by atoms with E-state index in [9.17, 15) is 18.8 Å². The standard InChI is InChI=1S/C25H22ClFN4O5/c1-2-35-22-13-16(14-28-31-25(34)24(33)30-20-10-6-4-8-18(20)27)11-12-21(22)36-15-23(32)29-19-9-5-3-7-17(19)26/h3-14H,2,15H2,1H3,(H,29,32)(H,30,33)(H,31,34)/b28-14-. The highest BCUT2D eigenvalue weighted by Crippen LogP contribution is 2.28. The van der Waals surface area contributed by atoms with Crippen LogP contribution < -0.4 is 25.5 Å². The van der Waals surface area contributed by atoms with E-state index in [-0.39, 0.29) is 12.3 Å². The number of halogens is 2. The van der Waals surface area contributed by atoms with Crippen LogP contribution in [0.5, 0.6) is 11.5 Å². The molecule has 3 aromatic carbocycles. The third kappa shape index (κ3) is 7.54. The lowest BCUT2D eigenvalue weighted by Gasteiger charge is -2.13. The Morgan fingerprint density at radius 3 is 2.36 bits per heavy atom. The Kier molecular flexibility index (Phi) is 9.35. The van der Waals surface area contributed by atoms with Gasteiger partial charge in [-0.05, 0) is 55.0 Å². The normalized spacial score (nSPS) is 10.5. The van der Waals surface area contributed by atoms with Gasteiger partial charge in [0.15, 0.2) is 18.1 Å². The fourth-order valence-electron chi connectivity index (χ4n) is 2.84. The molecule has 0 aliphatic carbocycles. The second kappa shape index (κ2) is 12.9. The van der Waals surface area contributed by atoms with Gasteiger partial charge in [0.05, 0.1) is 29.2 Å². The smallest absolute Gasteiger partial charge is 0.329 e. The number of anilines is 2. The predicted molar refractivity (Wildman–Crippen MR) is 134 cm³/mol. The van der Waals surface area contributed by atoms with Crippen LogP contribution >= 0.6 is 11.6 Å².